The minimum absolute atomic E-state index is 0.217. The van der Waals surface area contributed by atoms with Crippen LogP contribution in [0.4, 0.5) is 0 Å². The van der Waals surface area contributed by atoms with Gasteiger partial charge in [0, 0.05) is 12.1 Å². The average Bonchev–Trinajstić information content (AvgIpc) is 3.13. The standard InChI is InChI=1S/C11H12N8O/c1-2-19-9-4-3-7(5-8(9)13-18-19)11(20)12-6-10-14-16-17-15-10/h3-5H,2,6H2,1H3,(H,12,20)(H,14,15,16,17). The van der Waals surface area contributed by atoms with Crippen LogP contribution < -0.4 is 5.32 Å². The van der Waals surface area contributed by atoms with Crippen LogP contribution in [-0.4, -0.2) is 41.5 Å². The zero-order chi connectivity index (χ0) is 13.9. The van der Waals surface area contributed by atoms with Crippen LogP contribution in [0.25, 0.3) is 11.0 Å². The van der Waals surface area contributed by atoms with Crippen molar-refractivity contribution in [2.45, 2.75) is 20.0 Å². The third-order valence-electron chi connectivity index (χ3n) is 2.87. The van der Waals surface area contributed by atoms with Gasteiger partial charge in [0.1, 0.15) is 5.52 Å². The number of benzene rings is 1. The lowest BCUT2D eigenvalue weighted by Crippen LogP contribution is -2.23. The molecule has 3 rings (SSSR count). The molecular weight excluding hydrogens is 260 g/mol. The van der Waals surface area contributed by atoms with E-state index in [1.807, 2.05) is 13.0 Å². The fourth-order valence-corrected chi connectivity index (χ4v) is 1.87. The molecule has 9 nitrogen and oxygen atoms in total. The van der Waals surface area contributed by atoms with Gasteiger partial charge in [0.2, 0.25) is 0 Å². The molecule has 0 unspecified atom stereocenters. The largest absolute Gasteiger partial charge is 0.345 e. The number of hydrogen-bond donors (Lipinski definition) is 2. The summed E-state index contributed by atoms with van der Waals surface area (Å²) in [5.41, 5.74) is 2.12. The smallest absolute Gasteiger partial charge is 0.251 e. The fourth-order valence-electron chi connectivity index (χ4n) is 1.87. The highest BCUT2D eigenvalue weighted by Crippen LogP contribution is 2.13. The van der Waals surface area contributed by atoms with Gasteiger partial charge in [-0.05, 0) is 25.1 Å². The topological polar surface area (TPSA) is 114 Å². The van der Waals surface area contributed by atoms with Gasteiger partial charge >= 0.3 is 0 Å². The van der Waals surface area contributed by atoms with Crippen LogP contribution in [0.5, 0.6) is 0 Å². The molecule has 1 amide bonds. The van der Waals surface area contributed by atoms with Crippen molar-refractivity contribution in [2.75, 3.05) is 0 Å². The molecule has 0 bridgehead atoms. The Bertz CT molecular complexity index is 732. The number of amides is 1. The quantitative estimate of drug-likeness (QED) is 0.685. The second kappa shape index (κ2) is 5.03. The minimum Gasteiger partial charge on any atom is -0.345 e. The van der Waals surface area contributed by atoms with E-state index in [0.717, 1.165) is 12.1 Å². The maximum absolute atomic E-state index is 12.0. The van der Waals surface area contributed by atoms with Crippen molar-refractivity contribution in [3.05, 3.63) is 29.6 Å². The number of carbonyl (C=O) groups excluding carboxylic acids is 1. The normalized spacial score (nSPS) is 10.8. The van der Waals surface area contributed by atoms with Crippen LogP contribution in [0, 0.1) is 0 Å². The van der Waals surface area contributed by atoms with Crippen molar-refractivity contribution < 1.29 is 4.79 Å². The number of hydrogen-bond acceptors (Lipinski definition) is 6. The second-order valence-corrected chi connectivity index (χ2v) is 4.12. The van der Waals surface area contributed by atoms with E-state index in [4.69, 9.17) is 0 Å². The Labute approximate surface area is 113 Å². The van der Waals surface area contributed by atoms with Crippen molar-refractivity contribution >= 4 is 16.9 Å². The van der Waals surface area contributed by atoms with Gasteiger partial charge in [-0.25, -0.2) is 4.68 Å². The molecule has 0 aliphatic heterocycles. The summed E-state index contributed by atoms with van der Waals surface area (Å²) in [6.45, 7) is 2.94. The van der Waals surface area contributed by atoms with Crippen molar-refractivity contribution in [3.8, 4) is 0 Å². The minimum atomic E-state index is -0.220. The van der Waals surface area contributed by atoms with E-state index >= 15 is 0 Å². The summed E-state index contributed by atoms with van der Waals surface area (Å²) in [4.78, 5) is 12.0. The van der Waals surface area contributed by atoms with Crippen LogP contribution in [0.2, 0.25) is 0 Å². The predicted molar refractivity (Wildman–Crippen MR) is 68.5 cm³/mol. The molecule has 9 heteroatoms. The summed E-state index contributed by atoms with van der Waals surface area (Å²) in [5, 5.41) is 24.0. The Hall–Kier alpha value is -2.84. The van der Waals surface area contributed by atoms with Crippen molar-refractivity contribution in [1.82, 2.24) is 40.9 Å². The molecule has 0 aliphatic rings. The summed E-state index contributed by atoms with van der Waals surface area (Å²) >= 11 is 0. The van der Waals surface area contributed by atoms with Gasteiger partial charge < -0.3 is 5.32 Å². The monoisotopic (exact) mass is 272 g/mol. The first kappa shape index (κ1) is 12.2. The molecule has 0 aliphatic carbocycles. The van der Waals surface area contributed by atoms with Crippen molar-refractivity contribution in [3.63, 3.8) is 0 Å². The molecule has 0 atom stereocenters. The third kappa shape index (κ3) is 2.20. The number of rotatable bonds is 4. The van der Waals surface area contributed by atoms with Crippen molar-refractivity contribution in [2.24, 2.45) is 0 Å². The molecule has 102 valence electrons. The molecule has 3 aromatic rings. The maximum Gasteiger partial charge on any atom is 0.251 e. The molecule has 0 spiro atoms. The molecule has 2 heterocycles. The molecule has 1 aromatic carbocycles. The summed E-state index contributed by atoms with van der Waals surface area (Å²) in [6, 6.07) is 5.28. The van der Waals surface area contributed by atoms with E-state index < -0.39 is 0 Å². The van der Waals surface area contributed by atoms with Crippen LogP contribution in [0.15, 0.2) is 18.2 Å². The summed E-state index contributed by atoms with van der Waals surface area (Å²) in [5.74, 6) is 0.208. The molecule has 20 heavy (non-hydrogen) atoms. The first-order valence-electron chi connectivity index (χ1n) is 6.11. The zero-order valence-corrected chi connectivity index (χ0v) is 10.7. The number of nitrogens with zero attached hydrogens (tertiary/aromatic N) is 6. The Morgan fingerprint density at radius 3 is 3.05 bits per heavy atom. The third-order valence-corrected chi connectivity index (χ3v) is 2.87. The highest BCUT2D eigenvalue weighted by molar-refractivity contribution is 5.97. The Kier molecular flexibility index (Phi) is 3.07. The maximum atomic E-state index is 12.0. The van der Waals surface area contributed by atoms with Crippen LogP contribution in [0.1, 0.15) is 23.1 Å². The second-order valence-electron chi connectivity index (χ2n) is 4.12. The van der Waals surface area contributed by atoms with Gasteiger partial charge in [-0.1, -0.05) is 10.4 Å². The first-order chi connectivity index (χ1) is 9.78. The lowest BCUT2D eigenvalue weighted by molar-refractivity contribution is 0.0950. The van der Waals surface area contributed by atoms with Gasteiger partial charge in [0.15, 0.2) is 5.82 Å². The summed E-state index contributed by atoms with van der Waals surface area (Å²) in [6.07, 6.45) is 0. The molecular formula is C11H12N8O. The summed E-state index contributed by atoms with van der Waals surface area (Å²) in [7, 11) is 0. The number of aromatic amines is 1. The highest BCUT2D eigenvalue weighted by atomic mass is 16.1. The molecule has 0 saturated carbocycles. The van der Waals surface area contributed by atoms with E-state index in [0.29, 0.717) is 16.9 Å². The molecule has 0 radical (unpaired) electrons. The van der Waals surface area contributed by atoms with Gasteiger partial charge in [-0.3, -0.25) is 4.79 Å². The van der Waals surface area contributed by atoms with Crippen molar-refractivity contribution in [1.29, 1.82) is 0 Å². The van der Waals surface area contributed by atoms with E-state index in [1.54, 1.807) is 16.8 Å². The zero-order valence-electron chi connectivity index (χ0n) is 10.7. The lowest BCUT2D eigenvalue weighted by atomic mass is 10.2. The van der Waals surface area contributed by atoms with Gasteiger partial charge in [-0.15, -0.1) is 15.3 Å². The van der Waals surface area contributed by atoms with Gasteiger partial charge in [0.05, 0.1) is 12.1 Å². The van der Waals surface area contributed by atoms with Crippen LogP contribution in [0.3, 0.4) is 0 Å². The van der Waals surface area contributed by atoms with Crippen LogP contribution >= 0.6 is 0 Å². The molecule has 0 saturated heterocycles. The first-order valence-corrected chi connectivity index (χ1v) is 6.11. The number of aryl methyl sites for hydroxylation is 1. The Morgan fingerprint density at radius 2 is 2.30 bits per heavy atom. The number of tetrazole rings is 1. The molecule has 0 fully saturated rings. The number of carbonyl (C=O) groups is 1. The Balaban J connectivity index is 1.77. The van der Waals surface area contributed by atoms with E-state index in [1.165, 1.54) is 0 Å². The molecule has 2 aromatic heterocycles. The number of H-pyrrole nitrogens is 1. The average molecular weight is 272 g/mol. The van der Waals surface area contributed by atoms with Gasteiger partial charge in [-0.2, -0.15) is 5.21 Å². The SMILES string of the molecule is CCn1nnc2cc(C(=O)NCc3nn[nH]n3)ccc21. The Morgan fingerprint density at radius 1 is 1.40 bits per heavy atom. The fraction of sp³-hybridized carbons (Fsp3) is 0.273. The molecule has 2 N–H and O–H groups in total. The highest BCUT2D eigenvalue weighted by Gasteiger charge is 2.10. The van der Waals surface area contributed by atoms with Crippen LogP contribution in [-0.2, 0) is 13.1 Å². The van der Waals surface area contributed by atoms with E-state index in [9.17, 15) is 4.79 Å². The number of fused-ring (bicyclic) bond motifs is 1. The van der Waals surface area contributed by atoms with E-state index in [-0.39, 0.29) is 12.5 Å². The van der Waals surface area contributed by atoms with Gasteiger partial charge in [0.25, 0.3) is 5.91 Å². The summed E-state index contributed by atoms with van der Waals surface area (Å²) < 4.78 is 1.77. The lowest BCUT2D eigenvalue weighted by Gasteiger charge is -2.02. The number of nitrogens with one attached hydrogen (secondary N) is 2. The predicted octanol–water partition coefficient (Wildman–Crippen LogP) is -0.106. The van der Waals surface area contributed by atoms with E-state index in [2.05, 4.69) is 36.3 Å². The number of aromatic nitrogens is 7.